The van der Waals surface area contributed by atoms with Crippen LogP contribution in [-0.4, -0.2) is 51.5 Å². The molecule has 0 spiro atoms. The van der Waals surface area contributed by atoms with Crippen molar-refractivity contribution in [2.45, 2.75) is 12.7 Å². The number of fused-ring (bicyclic) bond motifs is 1. The summed E-state index contributed by atoms with van der Waals surface area (Å²) < 4.78 is 40.4. The number of aromatic nitrogens is 2. The first kappa shape index (κ1) is 18.5. The van der Waals surface area contributed by atoms with Crippen LogP contribution in [0.1, 0.15) is 21.6 Å². The first-order valence-electron chi connectivity index (χ1n) is 9.02. The molecule has 1 saturated heterocycles. The van der Waals surface area contributed by atoms with Crippen LogP contribution in [0, 0.1) is 0 Å². The van der Waals surface area contributed by atoms with Crippen molar-refractivity contribution >= 4 is 11.4 Å². The molecule has 1 fully saturated rings. The van der Waals surface area contributed by atoms with Crippen LogP contribution in [0.4, 0.5) is 13.2 Å². The Balaban J connectivity index is 1.38. The Morgan fingerprint density at radius 3 is 2.50 bits per heavy atom. The molecule has 3 aromatic rings. The Bertz CT molecular complexity index is 957. The zero-order valence-electron chi connectivity index (χ0n) is 15.1. The van der Waals surface area contributed by atoms with Crippen molar-refractivity contribution < 1.29 is 18.0 Å². The molecule has 28 heavy (non-hydrogen) atoms. The van der Waals surface area contributed by atoms with Crippen molar-refractivity contribution in [3.63, 3.8) is 0 Å². The van der Waals surface area contributed by atoms with E-state index >= 15 is 0 Å². The molecule has 0 radical (unpaired) electrons. The number of carbonyl (C=O) groups excluding carboxylic acids is 1. The lowest BCUT2D eigenvalue weighted by Crippen LogP contribution is -2.48. The molecule has 1 aromatic carbocycles. The van der Waals surface area contributed by atoms with Gasteiger partial charge in [-0.25, -0.2) is 4.52 Å². The van der Waals surface area contributed by atoms with E-state index in [-0.39, 0.29) is 11.5 Å². The average molecular weight is 388 g/mol. The third-order valence-electron chi connectivity index (χ3n) is 4.90. The molecule has 8 heteroatoms. The van der Waals surface area contributed by atoms with Crippen LogP contribution < -0.4 is 0 Å². The molecule has 0 atom stereocenters. The van der Waals surface area contributed by atoms with Crippen molar-refractivity contribution in [2.75, 3.05) is 26.2 Å². The maximum atomic E-state index is 12.9. The zero-order chi connectivity index (χ0) is 19.7. The van der Waals surface area contributed by atoms with Gasteiger partial charge in [0.1, 0.15) is 0 Å². The highest BCUT2D eigenvalue weighted by Crippen LogP contribution is 2.29. The van der Waals surface area contributed by atoms with E-state index in [4.69, 9.17) is 0 Å². The van der Waals surface area contributed by atoms with Gasteiger partial charge in [-0.2, -0.15) is 18.3 Å². The van der Waals surface area contributed by atoms with Gasteiger partial charge in [0.15, 0.2) is 0 Å². The second kappa shape index (κ2) is 7.27. The van der Waals surface area contributed by atoms with E-state index in [1.807, 2.05) is 35.0 Å². The van der Waals surface area contributed by atoms with Crippen molar-refractivity contribution in [2.24, 2.45) is 0 Å². The van der Waals surface area contributed by atoms with Gasteiger partial charge in [0.2, 0.25) is 0 Å². The normalized spacial score (nSPS) is 15.9. The van der Waals surface area contributed by atoms with Crippen LogP contribution in [0.2, 0.25) is 0 Å². The number of halogens is 3. The number of piperazine rings is 1. The average Bonchev–Trinajstić information content (AvgIpc) is 3.10. The van der Waals surface area contributed by atoms with Crippen molar-refractivity contribution in [3.05, 3.63) is 71.5 Å². The van der Waals surface area contributed by atoms with Gasteiger partial charge in [0.25, 0.3) is 5.91 Å². The summed E-state index contributed by atoms with van der Waals surface area (Å²) in [7, 11) is 0. The molecule has 1 amide bonds. The first-order chi connectivity index (χ1) is 13.4. The minimum absolute atomic E-state index is 0.0728. The van der Waals surface area contributed by atoms with Crippen molar-refractivity contribution in [1.29, 1.82) is 0 Å². The number of hydrogen-bond donors (Lipinski definition) is 0. The van der Waals surface area contributed by atoms with Gasteiger partial charge in [-0.1, -0.05) is 12.1 Å². The largest absolute Gasteiger partial charge is 0.416 e. The van der Waals surface area contributed by atoms with Gasteiger partial charge >= 0.3 is 6.18 Å². The fraction of sp³-hybridized carbons (Fsp3) is 0.300. The highest BCUT2D eigenvalue weighted by molar-refractivity contribution is 5.94. The monoisotopic (exact) mass is 388 g/mol. The lowest BCUT2D eigenvalue weighted by atomic mass is 10.1. The molecule has 2 aromatic heterocycles. The van der Waals surface area contributed by atoms with Gasteiger partial charge in [-0.3, -0.25) is 9.69 Å². The van der Waals surface area contributed by atoms with Crippen molar-refractivity contribution in [3.8, 4) is 0 Å². The molecular formula is C20H19F3N4O. The molecule has 4 rings (SSSR count). The quantitative estimate of drug-likeness (QED) is 0.691. The second-order valence-electron chi connectivity index (χ2n) is 6.85. The van der Waals surface area contributed by atoms with Crippen LogP contribution in [-0.2, 0) is 12.7 Å². The number of pyridine rings is 1. The summed E-state index contributed by atoms with van der Waals surface area (Å²) in [5.41, 5.74) is 1.24. The number of hydrogen-bond acceptors (Lipinski definition) is 3. The standard InChI is InChI=1S/C20H19F3N4O/c21-20(22,23)16-5-3-4-15(12-16)19(28)26-10-8-25(9-11-26)14-17-13-18-6-1-2-7-27(18)24-17/h1-7,12-13H,8-11,14H2. The molecule has 146 valence electrons. The number of amides is 1. The van der Waals surface area contributed by atoms with E-state index in [2.05, 4.69) is 10.00 Å². The summed E-state index contributed by atoms with van der Waals surface area (Å²) >= 11 is 0. The topological polar surface area (TPSA) is 40.9 Å². The first-order valence-corrected chi connectivity index (χ1v) is 9.02. The van der Waals surface area contributed by atoms with Crippen LogP contribution >= 0.6 is 0 Å². The summed E-state index contributed by atoms with van der Waals surface area (Å²) in [5.74, 6) is -0.363. The van der Waals surface area contributed by atoms with Crippen LogP contribution in [0.15, 0.2) is 54.7 Å². The van der Waals surface area contributed by atoms with E-state index in [0.717, 1.165) is 23.3 Å². The predicted octanol–water partition coefficient (Wildman–Crippen LogP) is 3.31. The SMILES string of the molecule is O=C(c1cccc(C(F)(F)F)c1)N1CCN(Cc2cc3ccccn3n2)CC1. The molecule has 1 aliphatic heterocycles. The fourth-order valence-electron chi connectivity index (χ4n) is 3.42. The molecule has 0 aliphatic carbocycles. The fourth-order valence-corrected chi connectivity index (χ4v) is 3.42. The number of nitrogens with zero attached hydrogens (tertiary/aromatic N) is 4. The van der Waals surface area contributed by atoms with Gasteiger partial charge in [0, 0.05) is 44.5 Å². The third kappa shape index (κ3) is 3.87. The van der Waals surface area contributed by atoms with Crippen molar-refractivity contribution in [1.82, 2.24) is 19.4 Å². The maximum absolute atomic E-state index is 12.9. The zero-order valence-corrected chi connectivity index (χ0v) is 15.1. The number of alkyl halides is 3. The summed E-state index contributed by atoms with van der Waals surface area (Å²) in [4.78, 5) is 16.4. The van der Waals surface area contributed by atoms with Gasteiger partial charge < -0.3 is 4.90 Å². The second-order valence-corrected chi connectivity index (χ2v) is 6.85. The minimum Gasteiger partial charge on any atom is -0.336 e. The molecule has 3 heterocycles. The van der Waals surface area contributed by atoms with Gasteiger partial charge in [-0.05, 0) is 36.4 Å². The van der Waals surface area contributed by atoms with E-state index in [9.17, 15) is 18.0 Å². The molecule has 0 saturated carbocycles. The molecule has 0 bridgehead atoms. The lowest BCUT2D eigenvalue weighted by Gasteiger charge is -2.34. The maximum Gasteiger partial charge on any atom is 0.416 e. The van der Waals surface area contributed by atoms with Crippen LogP contribution in [0.5, 0.6) is 0 Å². The summed E-state index contributed by atoms with van der Waals surface area (Å²) in [5, 5.41) is 4.53. The number of benzene rings is 1. The van der Waals surface area contributed by atoms with Gasteiger partial charge in [0.05, 0.1) is 16.8 Å². The summed E-state index contributed by atoms with van der Waals surface area (Å²) in [6.07, 6.45) is -2.56. The molecule has 0 unspecified atom stereocenters. The highest BCUT2D eigenvalue weighted by atomic mass is 19.4. The summed E-state index contributed by atoms with van der Waals surface area (Å²) in [6, 6.07) is 12.5. The Hall–Kier alpha value is -2.87. The number of carbonyl (C=O) groups is 1. The van der Waals surface area contributed by atoms with Gasteiger partial charge in [-0.15, -0.1) is 0 Å². The van der Waals surface area contributed by atoms with E-state index in [0.29, 0.717) is 32.7 Å². The Labute approximate surface area is 160 Å². The molecule has 5 nitrogen and oxygen atoms in total. The molecule has 1 aliphatic rings. The van der Waals surface area contributed by atoms with E-state index in [1.54, 1.807) is 4.90 Å². The summed E-state index contributed by atoms with van der Waals surface area (Å²) in [6.45, 7) is 2.93. The van der Waals surface area contributed by atoms with E-state index in [1.165, 1.54) is 12.1 Å². The Morgan fingerprint density at radius 2 is 1.79 bits per heavy atom. The molecular weight excluding hydrogens is 369 g/mol. The van der Waals surface area contributed by atoms with Crippen LogP contribution in [0.25, 0.3) is 5.52 Å². The lowest BCUT2D eigenvalue weighted by molar-refractivity contribution is -0.137. The third-order valence-corrected chi connectivity index (χ3v) is 4.90. The molecule has 0 N–H and O–H groups in total. The Morgan fingerprint density at radius 1 is 1.00 bits per heavy atom. The Kier molecular flexibility index (Phi) is 4.80. The van der Waals surface area contributed by atoms with E-state index < -0.39 is 11.7 Å². The highest BCUT2D eigenvalue weighted by Gasteiger charge is 2.31. The number of rotatable bonds is 3. The predicted molar refractivity (Wildman–Crippen MR) is 97.8 cm³/mol. The smallest absolute Gasteiger partial charge is 0.336 e. The van der Waals surface area contributed by atoms with Crippen LogP contribution in [0.3, 0.4) is 0 Å². The minimum atomic E-state index is -4.46.